The number of rotatable bonds is 2. The maximum absolute atomic E-state index is 5.49. The predicted molar refractivity (Wildman–Crippen MR) is 63.4 cm³/mol. The number of hydrogen-bond donors (Lipinski definition) is 1. The Bertz CT molecular complexity index is 507. The third-order valence-electron chi connectivity index (χ3n) is 1.83. The van der Waals surface area contributed by atoms with Crippen molar-refractivity contribution in [2.24, 2.45) is 0 Å². The third kappa shape index (κ3) is 1.96. The van der Waals surface area contributed by atoms with Crippen LogP contribution in [0.4, 0.5) is 11.9 Å². The largest absolute Gasteiger partial charge is 0.366 e. The molecule has 2 rings (SSSR count). The Balaban J connectivity index is 2.48. The molecule has 2 N–H and O–H groups in total. The van der Waals surface area contributed by atoms with E-state index >= 15 is 0 Å². The van der Waals surface area contributed by atoms with Crippen molar-refractivity contribution >= 4 is 27.8 Å². The molecule has 0 spiro atoms. The Morgan fingerprint density at radius 1 is 1.38 bits per heavy atom. The number of nitrogen functional groups attached to an aromatic ring is 1. The van der Waals surface area contributed by atoms with Crippen molar-refractivity contribution in [1.82, 2.24) is 24.7 Å². The zero-order valence-corrected chi connectivity index (χ0v) is 10.4. The Labute approximate surface area is 100 Å². The van der Waals surface area contributed by atoms with Gasteiger partial charge in [-0.05, 0) is 15.9 Å². The van der Waals surface area contributed by atoms with Crippen LogP contribution in [0.2, 0.25) is 0 Å². The quantitative estimate of drug-likeness (QED) is 0.862. The van der Waals surface area contributed by atoms with Gasteiger partial charge in [0, 0.05) is 26.4 Å². The van der Waals surface area contributed by atoms with Crippen molar-refractivity contribution in [3.8, 4) is 5.82 Å². The number of nitrogens with two attached hydrogens (primary N) is 1. The van der Waals surface area contributed by atoms with Crippen LogP contribution in [0.1, 0.15) is 0 Å². The van der Waals surface area contributed by atoms with Crippen molar-refractivity contribution < 1.29 is 0 Å². The standard InChI is InChI=1S/C8H10BrN7/c1-15(2)8-11-4-3-5(12-8)16-6(9)13-7(10)14-16/h3-4H,1-2H3,(H2,10,14). The van der Waals surface area contributed by atoms with Crippen molar-refractivity contribution in [2.45, 2.75) is 0 Å². The first-order valence-corrected chi connectivity index (χ1v) is 5.26. The van der Waals surface area contributed by atoms with Gasteiger partial charge in [0.05, 0.1) is 0 Å². The van der Waals surface area contributed by atoms with Gasteiger partial charge in [-0.2, -0.15) is 14.6 Å². The molecule has 16 heavy (non-hydrogen) atoms. The first-order valence-electron chi connectivity index (χ1n) is 4.46. The lowest BCUT2D eigenvalue weighted by Crippen LogP contribution is -2.14. The van der Waals surface area contributed by atoms with Crippen molar-refractivity contribution in [2.75, 3.05) is 24.7 Å². The van der Waals surface area contributed by atoms with E-state index < -0.39 is 0 Å². The summed E-state index contributed by atoms with van der Waals surface area (Å²) < 4.78 is 2.01. The molecule has 0 radical (unpaired) electrons. The van der Waals surface area contributed by atoms with Crippen LogP contribution in [0.25, 0.3) is 5.82 Å². The maximum atomic E-state index is 5.49. The van der Waals surface area contributed by atoms with Crippen LogP contribution < -0.4 is 10.6 Å². The number of nitrogens with zero attached hydrogens (tertiary/aromatic N) is 6. The average molecular weight is 284 g/mol. The molecule has 0 aliphatic rings. The zero-order chi connectivity index (χ0) is 11.7. The molecule has 0 unspecified atom stereocenters. The lowest BCUT2D eigenvalue weighted by molar-refractivity contribution is 0.815. The fourth-order valence-corrected chi connectivity index (χ4v) is 1.57. The molecule has 0 amide bonds. The summed E-state index contributed by atoms with van der Waals surface area (Å²) in [6.45, 7) is 0. The fraction of sp³-hybridized carbons (Fsp3) is 0.250. The molecule has 7 nitrogen and oxygen atoms in total. The molecule has 0 atom stereocenters. The van der Waals surface area contributed by atoms with E-state index in [4.69, 9.17) is 5.73 Å². The maximum Gasteiger partial charge on any atom is 0.240 e. The van der Waals surface area contributed by atoms with Crippen LogP contribution >= 0.6 is 15.9 Å². The topological polar surface area (TPSA) is 85.8 Å². The summed E-state index contributed by atoms with van der Waals surface area (Å²) >= 11 is 3.25. The molecule has 84 valence electrons. The first-order chi connectivity index (χ1) is 7.58. The van der Waals surface area contributed by atoms with Gasteiger partial charge in [0.15, 0.2) is 5.82 Å². The van der Waals surface area contributed by atoms with Crippen LogP contribution in [-0.4, -0.2) is 38.8 Å². The van der Waals surface area contributed by atoms with E-state index in [1.807, 2.05) is 14.1 Å². The normalized spacial score (nSPS) is 10.4. The summed E-state index contributed by atoms with van der Waals surface area (Å²) in [5.41, 5.74) is 5.49. The molecule has 0 saturated heterocycles. The smallest absolute Gasteiger partial charge is 0.240 e. The minimum Gasteiger partial charge on any atom is -0.366 e. The van der Waals surface area contributed by atoms with Crippen LogP contribution in [-0.2, 0) is 0 Å². The van der Waals surface area contributed by atoms with Crippen molar-refractivity contribution in [3.63, 3.8) is 0 Å². The highest BCUT2D eigenvalue weighted by Gasteiger charge is 2.09. The molecule has 8 heteroatoms. The van der Waals surface area contributed by atoms with Gasteiger partial charge in [-0.15, -0.1) is 5.10 Å². The predicted octanol–water partition coefficient (Wildman–Crippen LogP) is 0.468. The molecule has 0 fully saturated rings. The molecule has 2 aromatic rings. The Kier molecular flexibility index (Phi) is 2.73. The Morgan fingerprint density at radius 3 is 2.69 bits per heavy atom. The first kappa shape index (κ1) is 10.8. The SMILES string of the molecule is CN(C)c1nccc(-n2nc(N)nc2Br)n1. The molecule has 0 aliphatic heterocycles. The van der Waals surface area contributed by atoms with E-state index in [0.717, 1.165) is 0 Å². The van der Waals surface area contributed by atoms with Gasteiger partial charge in [0.25, 0.3) is 0 Å². The summed E-state index contributed by atoms with van der Waals surface area (Å²) in [6, 6.07) is 1.73. The molecule has 0 aliphatic carbocycles. The van der Waals surface area contributed by atoms with Gasteiger partial charge in [0.1, 0.15) is 0 Å². The second kappa shape index (κ2) is 4.05. The monoisotopic (exact) mass is 283 g/mol. The van der Waals surface area contributed by atoms with E-state index in [9.17, 15) is 0 Å². The molecule has 0 bridgehead atoms. The second-order valence-electron chi connectivity index (χ2n) is 3.26. The number of anilines is 2. The highest BCUT2D eigenvalue weighted by Crippen LogP contribution is 2.14. The molecule has 2 aromatic heterocycles. The zero-order valence-electron chi connectivity index (χ0n) is 8.79. The Morgan fingerprint density at radius 2 is 2.12 bits per heavy atom. The number of aromatic nitrogens is 5. The Hall–Kier alpha value is -1.70. The summed E-state index contributed by atoms with van der Waals surface area (Å²) in [4.78, 5) is 14.2. The molecule has 0 saturated carbocycles. The van der Waals surface area contributed by atoms with Crippen LogP contribution in [0, 0.1) is 0 Å². The van der Waals surface area contributed by atoms with Gasteiger partial charge in [0.2, 0.25) is 16.6 Å². The minimum atomic E-state index is 0.192. The summed E-state index contributed by atoms with van der Waals surface area (Å²) in [5, 5.41) is 4.01. The number of hydrogen-bond acceptors (Lipinski definition) is 6. The second-order valence-corrected chi connectivity index (χ2v) is 3.97. The van der Waals surface area contributed by atoms with E-state index in [0.29, 0.717) is 16.5 Å². The van der Waals surface area contributed by atoms with E-state index in [1.165, 1.54) is 4.68 Å². The van der Waals surface area contributed by atoms with Crippen LogP contribution in [0.15, 0.2) is 17.0 Å². The van der Waals surface area contributed by atoms with E-state index in [2.05, 4.69) is 36.0 Å². The van der Waals surface area contributed by atoms with Crippen LogP contribution in [0.5, 0.6) is 0 Å². The van der Waals surface area contributed by atoms with Gasteiger partial charge < -0.3 is 10.6 Å². The van der Waals surface area contributed by atoms with Gasteiger partial charge in [-0.1, -0.05) is 0 Å². The fourth-order valence-electron chi connectivity index (χ4n) is 1.13. The lowest BCUT2D eigenvalue weighted by Gasteiger charge is -2.10. The molecule has 0 aromatic carbocycles. The summed E-state index contributed by atoms with van der Waals surface area (Å²) in [6.07, 6.45) is 1.65. The molecular weight excluding hydrogens is 274 g/mol. The molecule has 2 heterocycles. The summed E-state index contributed by atoms with van der Waals surface area (Å²) in [7, 11) is 3.73. The minimum absolute atomic E-state index is 0.192. The van der Waals surface area contributed by atoms with Crippen LogP contribution in [0.3, 0.4) is 0 Å². The van der Waals surface area contributed by atoms with Crippen molar-refractivity contribution in [1.29, 1.82) is 0 Å². The third-order valence-corrected chi connectivity index (χ3v) is 2.34. The van der Waals surface area contributed by atoms with Gasteiger partial charge in [-0.3, -0.25) is 0 Å². The highest BCUT2D eigenvalue weighted by atomic mass is 79.9. The average Bonchev–Trinajstić information content (AvgIpc) is 2.58. The van der Waals surface area contributed by atoms with Gasteiger partial charge >= 0.3 is 0 Å². The van der Waals surface area contributed by atoms with E-state index in [1.54, 1.807) is 17.2 Å². The molecular formula is C8H10BrN7. The van der Waals surface area contributed by atoms with E-state index in [-0.39, 0.29) is 5.95 Å². The number of halogens is 1. The highest BCUT2D eigenvalue weighted by molar-refractivity contribution is 9.10. The van der Waals surface area contributed by atoms with Crippen molar-refractivity contribution in [3.05, 3.63) is 17.0 Å². The lowest BCUT2D eigenvalue weighted by atomic mass is 10.6. The van der Waals surface area contributed by atoms with Gasteiger partial charge in [-0.25, -0.2) is 4.98 Å². The summed E-state index contributed by atoms with van der Waals surface area (Å²) in [5.74, 6) is 1.39.